The minimum Gasteiger partial charge on any atom is -0.371 e. The third kappa shape index (κ3) is 2.36. The largest absolute Gasteiger partial charge is 0.371 e. The number of ketones is 1. The van der Waals surface area contributed by atoms with Crippen molar-refractivity contribution in [3.63, 3.8) is 0 Å². The Kier molecular flexibility index (Phi) is 3.58. The fraction of sp³-hybridized carbons (Fsp3) is 0.143. The van der Waals surface area contributed by atoms with Gasteiger partial charge in [0.05, 0.1) is 16.3 Å². The lowest BCUT2D eigenvalue weighted by Gasteiger charge is -2.29. The number of hydrogen-bond acceptors (Lipinski definition) is 4. The number of thiophene rings is 1. The van der Waals surface area contributed by atoms with Crippen molar-refractivity contribution in [2.45, 2.75) is 10.9 Å². The van der Waals surface area contributed by atoms with Gasteiger partial charge in [0.2, 0.25) is 5.91 Å². The van der Waals surface area contributed by atoms with Crippen LogP contribution in [0.3, 0.4) is 0 Å². The van der Waals surface area contributed by atoms with Crippen LogP contribution < -0.4 is 10.6 Å². The Bertz CT molecular complexity index is 657. The lowest BCUT2D eigenvalue weighted by atomic mass is 10.0. The average molecular weight is 351 g/mol. The van der Waals surface area contributed by atoms with E-state index in [-0.39, 0.29) is 11.7 Å². The molecule has 102 valence electrons. The lowest BCUT2D eigenvalue weighted by molar-refractivity contribution is -0.116. The van der Waals surface area contributed by atoms with Gasteiger partial charge in [0.1, 0.15) is 10.9 Å². The fourth-order valence-electron chi connectivity index (χ4n) is 2.07. The molecule has 0 spiro atoms. The van der Waals surface area contributed by atoms with E-state index in [4.69, 9.17) is 0 Å². The molecule has 1 aromatic carbocycles. The number of amides is 1. The van der Waals surface area contributed by atoms with Crippen molar-refractivity contribution in [1.29, 1.82) is 0 Å². The van der Waals surface area contributed by atoms with Crippen molar-refractivity contribution < 1.29 is 9.59 Å². The van der Waals surface area contributed by atoms with E-state index in [0.717, 1.165) is 11.4 Å². The van der Waals surface area contributed by atoms with Crippen LogP contribution >= 0.6 is 27.3 Å². The first-order chi connectivity index (χ1) is 9.66. The molecule has 0 saturated carbocycles. The number of hydrogen-bond donors (Lipinski definition) is 2. The first-order valence-corrected chi connectivity index (χ1v) is 7.84. The quantitative estimate of drug-likeness (QED) is 0.660. The molecule has 20 heavy (non-hydrogen) atoms. The number of halogens is 1. The molecule has 1 aromatic heterocycles. The Morgan fingerprint density at radius 2 is 1.95 bits per heavy atom. The zero-order valence-corrected chi connectivity index (χ0v) is 12.7. The van der Waals surface area contributed by atoms with Gasteiger partial charge in [-0.2, -0.15) is 0 Å². The molecular weight excluding hydrogens is 340 g/mol. The number of carbonyl (C=O) groups is 2. The SMILES string of the molecule is O=C(c1cccs1)C(Br)C1Nc2ccccc2NC1=O. The van der Waals surface area contributed by atoms with Crippen molar-refractivity contribution in [3.05, 3.63) is 46.7 Å². The molecule has 2 N–H and O–H groups in total. The number of Topliss-reactive ketones (excluding diaryl/α,β-unsaturated/α-hetero) is 1. The highest BCUT2D eigenvalue weighted by atomic mass is 79.9. The van der Waals surface area contributed by atoms with Crippen molar-refractivity contribution in [2.24, 2.45) is 0 Å². The van der Waals surface area contributed by atoms with Gasteiger partial charge in [-0.15, -0.1) is 11.3 Å². The van der Waals surface area contributed by atoms with Crippen LogP contribution in [-0.4, -0.2) is 22.6 Å². The van der Waals surface area contributed by atoms with Gasteiger partial charge in [0, 0.05) is 0 Å². The Morgan fingerprint density at radius 1 is 1.20 bits per heavy atom. The maximum Gasteiger partial charge on any atom is 0.248 e. The Morgan fingerprint density at radius 3 is 2.65 bits per heavy atom. The maximum atomic E-state index is 12.3. The second-order valence-electron chi connectivity index (χ2n) is 4.40. The van der Waals surface area contributed by atoms with Gasteiger partial charge < -0.3 is 10.6 Å². The highest BCUT2D eigenvalue weighted by Crippen LogP contribution is 2.29. The summed E-state index contributed by atoms with van der Waals surface area (Å²) in [5.74, 6) is -0.303. The van der Waals surface area contributed by atoms with Crippen LogP contribution in [0.2, 0.25) is 0 Å². The van der Waals surface area contributed by atoms with Crippen LogP contribution in [0, 0.1) is 0 Å². The van der Waals surface area contributed by atoms with E-state index in [1.54, 1.807) is 6.07 Å². The molecule has 0 bridgehead atoms. The van der Waals surface area contributed by atoms with Gasteiger partial charge in [-0.3, -0.25) is 9.59 Å². The van der Waals surface area contributed by atoms with Crippen LogP contribution in [0.15, 0.2) is 41.8 Å². The number of carbonyl (C=O) groups excluding carboxylic acids is 2. The number of nitrogens with one attached hydrogen (secondary N) is 2. The van der Waals surface area contributed by atoms with Crippen molar-refractivity contribution in [1.82, 2.24) is 0 Å². The summed E-state index contributed by atoms with van der Waals surface area (Å²) in [5.41, 5.74) is 1.55. The molecule has 1 aliphatic heterocycles. The van der Waals surface area contributed by atoms with E-state index in [1.807, 2.05) is 35.7 Å². The maximum absolute atomic E-state index is 12.3. The second-order valence-corrected chi connectivity index (χ2v) is 6.33. The average Bonchev–Trinajstić information content (AvgIpc) is 2.99. The predicted molar refractivity (Wildman–Crippen MR) is 83.8 cm³/mol. The summed E-state index contributed by atoms with van der Waals surface area (Å²) in [6.07, 6.45) is 0. The molecule has 0 saturated heterocycles. The van der Waals surface area contributed by atoms with E-state index in [9.17, 15) is 9.59 Å². The van der Waals surface area contributed by atoms with Crippen LogP contribution in [0.25, 0.3) is 0 Å². The van der Waals surface area contributed by atoms with Crippen molar-refractivity contribution in [2.75, 3.05) is 10.6 Å². The molecule has 2 aromatic rings. The number of benzene rings is 1. The van der Waals surface area contributed by atoms with Gasteiger partial charge in [-0.05, 0) is 23.6 Å². The normalized spacial score (nSPS) is 18.6. The third-order valence-electron chi connectivity index (χ3n) is 3.09. The fourth-order valence-corrected chi connectivity index (χ4v) is 3.55. The summed E-state index contributed by atoms with van der Waals surface area (Å²) in [6.45, 7) is 0. The second kappa shape index (κ2) is 5.38. The third-order valence-corrected chi connectivity index (χ3v) is 4.91. The summed E-state index contributed by atoms with van der Waals surface area (Å²) in [5, 5.41) is 7.77. The first-order valence-electron chi connectivity index (χ1n) is 6.05. The molecule has 2 heterocycles. The molecule has 1 amide bonds. The van der Waals surface area contributed by atoms with Gasteiger partial charge in [0.25, 0.3) is 0 Å². The van der Waals surface area contributed by atoms with E-state index in [0.29, 0.717) is 4.88 Å². The first kappa shape index (κ1) is 13.3. The van der Waals surface area contributed by atoms with Crippen LogP contribution in [0.1, 0.15) is 9.67 Å². The van der Waals surface area contributed by atoms with Crippen molar-refractivity contribution >= 4 is 50.3 Å². The highest BCUT2D eigenvalue weighted by Gasteiger charge is 2.35. The monoisotopic (exact) mass is 350 g/mol. The van der Waals surface area contributed by atoms with Gasteiger partial charge in [-0.1, -0.05) is 34.1 Å². The smallest absolute Gasteiger partial charge is 0.248 e. The van der Waals surface area contributed by atoms with Crippen LogP contribution in [-0.2, 0) is 4.79 Å². The number of rotatable bonds is 3. The zero-order valence-electron chi connectivity index (χ0n) is 10.3. The molecule has 0 aliphatic carbocycles. The van der Waals surface area contributed by atoms with Crippen LogP contribution in [0.4, 0.5) is 11.4 Å². The molecule has 2 atom stereocenters. The van der Waals surface area contributed by atoms with E-state index in [1.165, 1.54) is 11.3 Å². The summed E-state index contributed by atoms with van der Waals surface area (Å²) in [4.78, 5) is 24.5. The molecule has 0 fully saturated rings. The molecule has 1 aliphatic rings. The van der Waals surface area contributed by atoms with Crippen LogP contribution in [0.5, 0.6) is 0 Å². The summed E-state index contributed by atoms with van der Waals surface area (Å²) < 4.78 is 0. The minimum atomic E-state index is -0.625. The summed E-state index contributed by atoms with van der Waals surface area (Å²) in [7, 11) is 0. The molecule has 0 radical (unpaired) electrons. The van der Waals surface area contributed by atoms with E-state index in [2.05, 4.69) is 26.6 Å². The van der Waals surface area contributed by atoms with Gasteiger partial charge in [-0.25, -0.2) is 0 Å². The standard InChI is InChI=1S/C14H11BrN2O2S/c15-11(13(18)10-6-3-7-20-10)12-14(19)17-9-5-2-1-4-8(9)16-12/h1-7,11-12,16H,(H,17,19). The van der Waals surface area contributed by atoms with Gasteiger partial charge in [0.15, 0.2) is 5.78 Å². The lowest BCUT2D eigenvalue weighted by Crippen LogP contribution is -2.47. The molecule has 6 heteroatoms. The Hall–Kier alpha value is -1.66. The zero-order chi connectivity index (χ0) is 14.1. The number of para-hydroxylation sites is 2. The molecule has 3 rings (SSSR count). The Labute approximate surface area is 128 Å². The topological polar surface area (TPSA) is 58.2 Å². The molecular formula is C14H11BrN2O2S. The minimum absolute atomic E-state index is 0.0907. The number of anilines is 2. The van der Waals surface area contributed by atoms with E-state index < -0.39 is 10.9 Å². The van der Waals surface area contributed by atoms with Crippen molar-refractivity contribution in [3.8, 4) is 0 Å². The highest BCUT2D eigenvalue weighted by molar-refractivity contribution is 9.10. The molecule has 2 unspecified atom stereocenters. The Balaban J connectivity index is 1.84. The van der Waals surface area contributed by atoms with E-state index >= 15 is 0 Å². The summed E-state index contributed by atoms with van der Waals surface area (Å²) >= 11 is 4.72. The summed E-state index contributed by atoms with van der Waals surface area (Å²) in [6, 6.07) is 10.4. The molecule has 4 nitrogen and oxygen atoms in total. The predicted octanol–water partition coefficient (Wildman–Crippen LogP) is 3.13. The number of alkyl halides is 1. The number of fused-ring (bicyclic) bond motifs is 1. The van der Waals surface area contributed by atoms with Gasteiger partial charge >= 0.3 is 0 Å².